The molecule has 0 aliphatic heterocycles. The van der Waals surface area contributed by atoms with Gasteiger partial charge in [-0.15, -0.1) is 11.6 Å². The largest absolute Gasteiger partial charge is 0.271 e. The molecular formula is C12H17ClN2O. The summed E-state index contributed by atoms with van der Waals surface area (Å²) in [5, 5.41) is 1.12. The number of benzene rings is 1. The van der Waals surface area contributed by atoms with Crippen LogP contribution in [0.25, 0.3) is 0 Å². The first kappa shape index (κ1) is 13.0. The van der Waals surface area contributed by atoms with Gasteiger partial charge in [-0.1, -0.05) is 32.0 Å². The summed E-state index contributed by atoms with van der Waals surface area (Å²) >= 11 is 6.23. The zero-order chi connectivity index (χ0) is 12.2. The maximum atomic E-state index is 12.1. The number of carbonyl (C=O) groups is 1. The predicted octanol–water partition coefficient (Wildman–Crippen LogP) is 2.69. The Kier molecular flexibility index (Phi) is 4.33. The van der Waals surface area contributed by atoms with E-state index >= 15 is 0 Å². The van der Waals surface area contributed by atoms with Crippen molar-refractivity contribution in [2.45, 2.75) is 31.6 Å². The number of nitrogens with zero attached hydrogens (tertiary/aromatic N) is 1. The van der Waals surface area contributed by atoms with Crippen LogP contribution in [-0.4, -0.2) is 10.8 Å². The summed E-state index contributed by atoms with van der Waals surface area (Å²) in [6, 6.07) is 9.09. The van der Waals surface area contributed by atoms with Gasteiger partial charge in [-0.05, 0) is 25.0 Å². The molecular weight excluding hydrogens is 224 g/mol. The lowest BCUT2D eigenvalue weighted by Gasteiger charge is -2.28. The summed E-state index contributed by atoms with van der Waals surface area (Å²) in [6.45, 7) is 3.76. The molecule has 88 valence electrons. The second-order valence-electron chi connectivity index (χ2n) is 3.68. The van der Waals surface area contributed by atoms with Gasteiger partial charge in [0.25, 0.3) is 5.91 Å². The van der Waals surface area contributed by atoms with Gasteiger partial charge in [0.15, 0.2) is 0 Å². The standard InChI is InChI=1S/C12H17ClN2O/c1-3-12(13,4-2)11(16)15(14)10-8-6-5-7-9-10/h5-9H,3-4,14H2,1-2H3. The zero-order valence-electron chi connectivity index (χ0n) is 9.61. The molecule has 1 aromatic rings. The van der Waals surface area contributed by atoms with E-state index in [1.807, 2.05) is 32.0 Å². The highest BCUT2D eigenvalue weighted by Gasteiger charge is 2.35. The second-order valence-corrected chi connectivity index (χ2v) is 4.41. The lowest BCUT2D eigenvalue weighted by atomic mass is 10.0. The van der Waals surface area contributed by atoms with Crippen LogP contribution in [0.1, 0.15) is 26.7 Å². The monoisotopic (exact) mass is 240 g/mol. The summed E-state index contributed by atoms with van der Waals surface area (Å²) in [7, 11) is 0. The van der Waals surface area contributed by atoms with Gasteiger partial charge in [-0.2, -0.15) is 0 Å². The molecule has 1 amide bonds. The van der Waals surface area contributed by atoms with Gasteiger partial charge >= 0.3 is 0 Å². The summed E-state index contributed by atoms with van der Waals surface area (Å²) < 4.78 is 0. The normalized spacial score (nSPS) is 11.2. The Labute approximate surface area is 101 Å². The Bertz CT molecular complexity index is 349. The van der Waals surface area contributed by atoms with E-state index in [0.717, 1.165) is 5.01 Å². The fourth-order valence-electron chi connectivity index (χ4n) is 1.47. The number of carbonyl (C=O) groups excluding carboxylic acids is 1. The topological polar surface area (TPSA) is 46.3 Å². The Morgan fingerprint density at radius 2 is 1.81 bits per heavy atom. The predicted molar refractivity (Wildman–Crippen MR) is 67.3 cm³/mol. The molecule has 0 radical (unpaired) electrons. The van der Waals surface area contributed by atoms with Crippen LogP contribution in [0.5, 0.6) is 0 Å². The van der Waals surface area contributed by atoms with Gasteiger partial charge in [0.2, 0.25) is 0 Å². The molecule has 1 aromatic carbocycles. The molecule has 0 saturated heterocycles. The third kappa shape index (κ3) is 2.54. The lowest BCUT2D eigenvalue weighted by Crippen LogP contribution is -2.49. The molecule has 1 rings (SSSR count). The van der Waals surface area contributed by atoms with E-state index in [9.17, 15) is 4.79 Å². The van der Waals surface area contributed by atoms with E-state index in [-0.39, 0.29) is 5.91 Å². The molecule has 0 atom stereocenters. The first-order valence-corrected chi connectivity index (χ1v) is 5.76. The molecule has 3 nitrogen and oxygen atoms in total. The summed E-state index contributed by atoms with van der Waals surface area (Å²) in [6.07, 6.45) is 1.12. The maximum Gasteiger partial charge on any atom is 0.262 e. The quantitative estimate of drug-likeness (QED) is 0.381. The molecule has 0 aliphatic carbocycles. The average molecular weight is 241 g/mol. The molecule has 16 heavy (non-hydrogen) atoms. The van der Waals surface area contributed by atoms with Crippen LogP contribution in [0, 0.1) is 0 Å². The van der Waals surface area contributed by atoms with Crippen LogP contribution >= 0.6 is 11.6 Å². The molecule has 0 unspecified atom stereocenters. The van der Waals surface area contributed by atoms with Crippen LogP contribution in [0.4, 0.5) is 5.69 Å². The molecule has 0 bridgehead atoms. The van der Waals surface area contributed by atoms with Gasteiger partial charge < -0.3 is 0 Å². The molecule has 2 N–H and O–H groups in total. The van der Waals surface area contributed by atoms with Crippen LogP contribution in [0.2, 0.25) is 0 Å². The van der Waals surface area contributed by atoms with Crippen molar-refractivity contribution < 1.29 is 4.79 Å². The van der Waals surface area contributed by atoms with Crippen LogP contribution < -0.4 is 10.9 Å². The number of para-hydroxylation sites is 1. The summed E-state index contributed by atoms with van der Waals surface area (Å²) in [4.78, 5) is 11.2. The summed E-state index contributed by atoms with van der Waals surface area (Å²) in [5.74, 6) is 5.52. The van der Waals surface area contributed by atoms with Crippen molar-refractivity contribution in [2.24, 2.45) is 5.84 Å². The molecule has 0 spiro atoms. The number of hydrazine groups is 1. The maximum absolute atomic E-state index is 12.1. The first-order valence-electron chi connectivity index (χ1n) is 5.38. The number of nitrogens with two attached hydrogens (primary N) is 1. The van der Waals surface area contributed by atoms with E-state index in [4.69, 9.17) is 17.4 Å². The minimum absolute atomic E-state index is 0.259. The Morgan fingerprint density at radius 3 is 2.25 bits per heavy atom. The average Bonchev–Trinajstić information content (AvgIpc) is 2.37. The van der Waals surface area contributed by atoms with Crippen LogP contribution in [0.3, 0.4) is 0 Å². The number of hydrogen-bond donors (Lipinski definition) is 1. The van der Waals surface area contributed by atoms with E-state index in [2.05, 4.69) is 0 Å². The van der Waals surface area contributed by atoms with Crippen molar-refractivity contribution in [1.29, 1.82) is 0 Å². The lowest BCUT2D eigenvalue weighted by molar-refractivity contribution is -0.121. The number of halogens is 1. The van der Waals surface area contributed by atoms with Gasteiger partial charge in [0.1, 0.15) is 4.87 Å². The molecule has 0 heterocycles. The van der Waals surface area contributed by atoms with Crippen molar-refractivity contribution in [2.75, 3.05) is 5.01 Å². The molecule has 0 fully saturated rings. The SMILES string of the molecule is CCC(Cl)(CC)C(=O)N(N)c1ccccc1. The highest BCUT2D eigenvalue weighted by molar-refractivity contribution is 6.36. The van der Waals surface area contributed by atoms with E-state index in [1.165, 1.54) is 0 Å². The van der Waals surface area contributed by atoms with Crippen molar-refractivity contribution in [3.05, 3.63) is 30.3 Å². The summed E-state index contributed by atoms with van der Waals surface area (Å²) in [5.41, 5.74) is 0.652. The zero-order valence-corrected chi connectivity index (χ0v) is 10.4. The number of hydrogen-bond acceptors (Lipinski definition) is 2. The fourth-order valence-corrected chi connectivity index (χ4v) is 1.57. The van der Waals surface area contributed by atoms with Crippen LogP contribution in [-0.2, 0) is 4.79 Å². The third-order valence-corrected chi connectivity index (χ3v) is 3.45. The second kappa shape index (κ2) is 5.32. The van der Waals surface area contributed by atoms with Crippen molar-refractivity contribution in [1.82, 2.24) is 0 Å². The number of rotatable bonds is 4. The van der Waals surface area contributed by atoms with Crippen LogP contribution in [0.15, 0.2) is 30.3 Å². The molecule has 0 aromatic heterocycles. The number of amides is 1. The van der Waals surface area contributed by atoms with Gasteiger partial charge in [0.05, 0.1) is 5.69 Å². The molecule has 4 heteroatoms. The Balaban J connectivity index is 2.90. The highest BCUT2D eigenvalue weighted by atomic mass is 35.5. The van der Waals surface area contributed by atoms with Gasteiger partial charge in [-0.3, -0.25) is 4.79 Å². The van der Waals surface area contributed by atoms with E-state index in [0.29, 0.717) is 18.5 Å². The number of alkyl halides is 1. The van der Waals surface area contributed by atoms with E-state index < -0.39 is 4.87 Å². The Morgan fingerprint density at radius 1 is 1.31 bits per heavy atom. The minimum Gasteiger partial charge on any atom is -0.271 e. The minimum atomic E-state index is -0.898. The molecule has 0 saturated carbocycles. The Hall–Kier alpha value is -1.06. The van der Waals surface area contributed by atoms with Crippen molar-refractivity contribution >= 4 is 23.2 Å². The van der Waals surface area contributed by atoms with Crippen molar-refractivity contribution in [3.63, 3.8) is 0 Å². The number of anilines is 1. The highest BCUT2D eigenvalue weighted by Crippen LogP contribution is 2.27. The first-order chi connectivity index (χ1) is 7.55. The molecule has 0 aliphatic rings. The van der Waals surface area contributed by atoms with Crippen molar-refractivity contribution in [3.8, 4) is 0 Å². The third-order valence-electron chi connectivity index (χ3n) is 2.76. The smallest absolute Gasteiger partial charge is 0.262 e. The van der Waals surface area contributed by atoms with E-state index in [1.54, 1.807) is 12.1 Å². The van der Waals surface area contributed by atoms with Gasteiger partial charge in [0, 0.05) is 0 Å². The fraction of sp³-hybridized carbons (Fsp3) is 0.417. The van der Waals surface area contributed by atoms with Gasteiger partial charge in [-0.25, -0.2) is 10.9 Å².